The number of non-ortho nitro benzene ring substituents is 1. The van der Waals surface area contributed by atoms with E-state index < -0.39 is 0 Å². The van der Waals surface area contributed by atoms with Crippen LogP contribution in [0.5, 0.6) is 5.75 Å². The van der Waals surface area contributed by atoms with Gasteiger partial charge in [-0.2, -0.15) is 0 Å². The van der Waals surface area contributed by atoms with Crippen LogP contribution in [0.15, 0.2) is 30.5 Å². The Morgan fingerprint density at radius 1 is 1.38 bits per heavy atom. The number of aromatic nitrogens is 1. The van der Waals surface area contributed by atoms with Crippen molar-refractivity contribution in [2.75, 3.05) is 11.9 Å². The predicted molar refractivity (Wildman–Crippen MR) is 84.0 cm³/mol. The summed E-state index contributed by atoms with van der Waals surface area (Å²) in [6, 6.07) is 6.54. The van der Waals surface area contributed by atoms with Crippen LogP contribution in [-0.2, 0) is 0 Å². The van der Waals surface area contributed by atoms with Crippen LogP contribution in [0.2, 0.25) is 0 Å². The molecule has 0 saturated heterocycles. The van der Waals surface area contributed by atoms with Crippen molar-refractivity contribution in [1.82, 2.24) is 4.98 Å². The maximum atomic E-state index is 11.1. The van der Waals surface area contributed by atoms with Gasteiger partial charge < -0.3 is 4.74 Å². The molecule has 0 N–H and O–H groups in total. The largest absolute Gasteiger partial charge is 0.491 e. The first-order chi connectivity index (χ1) is 10.2. The van der Waals surface area contributed by atoms with Crippen molar-refractivity contribution >= 4 is 32.5 Å². The first-order valence-corrected chi connectivity index (χ1v) is 7.98. The van der Waals surface area contributed by atoms with Crippen LogP contribution in [0.4, 0.5) is 5.69 Å². The van der Waals surface area contributed by atoms with Crippen molar-refractivity contribution in [2.45, 2.75) is 19.3 Å². The summed E-state index contributed by atoms with van der Waals surface area (Å²) in [4.78, 5) is 14.9. The van der Waals surface area contributed by atoms with E-state index in [9.17, 15) is 10.1 Å². The summed E-state index contributed by atoms with van der Waals surface area (Å²) in [6.07, 6.45) is 5.16. The molecule has 0 bridgehead atoms. The quantitative estimate of drug-likeness (QED) is 0.462. The lowest BCUT2D eigenvalue weighted by molar-refractivity contribution is -0.383. The van der Waals surface area contributed by atoms with Gasteiger partial charge in [0.15, 0.2) is 0 Å². The molecule has 0 aliphatic heterocycles. The van der Waals surface area contributed by atoms with Crippen LogP contribution in [0.1, 0.15) is 19.3 Å². The van der Waals surface area contributed by atoms with Crippen molar-refractivity contribution < 1.29 is 9.66 Å². The minimum absolute atomic E-state index is 0.0595. The molecule has 0 unspecified atom stereocenters. The molecule has 0 spiro atoms. The Labute approximate surface area is 130 Å². The highest BCUT2D eigenvalue weighted by Crippen LogP contribution is 2.43. The van der Waals surface area contributed by atoms with Crippen molar-refractivity contribution in [3.05, 3.63) is 40.6 Å². The molecule has 3 rings (SSSR count). The summed E-state index contributed by atoms with van der Waals surface area (Å²) in [5, 5.41) is 12.5. The zero-order valence-corrected chi connectivity index (χ0v) is 13.0. The summed E-state index contributed by atoms with van der Waals surface area (Å²) < 4.78 is 5.94. The van der Waals surface area contributed by atoms with Gasteiger partial charge in [0.05, 0.1) is 16.9 Å². The molecule has 0 amide bonds. The highest BCUT2D eigenvalue weighted by Gasteiger charge is 2.37. The second-order valence-corrected chi connectivity index (χ2v) is 6.08. The van der Waals surface area contributed by atoms with Crippen molar-refractivity contribution in [1.29, 1.82) is 0 Å². The minimum Gasteiger partial charge on any atom is -0.491 e. The molecule has 1 fully saturated rings. The number of ether oxygens (including phenoxy) is 1. The highest BCUT2D eigenvalue weighted by atomic mass is 79.9. The fourth-order valence-corrected chi connectivity index (χ4v) is 3.35. The predicted octanol–water partition coefficient (Wildman–Crippen LogP) is 4.09. The van der Waals surface area contributed by atoms with E-state index in [2.05, 4.69) is 20.9 Å². The number of hydrogen-bond acceptors (Lipinski definition) is 4. The number of nitro groups is 1. The number of nitrogens with zero attached hydrogens (tertiary/aromatic N) is 2. The average Bonchev–Trinajstić information content (AvgIpc) is 2.46. The Morgan fingerprint density at radius 2 is 2.19 bits per heavy atom. The molecule has 21 heavy (non-hydrogen) atoms. The van der Waals surface area contributed by atoms with E-state index in [4.69, 9.17) is 4.74 Å². The number of nitro benzene ring substituents is 1. The lowest BCUT2D eigenvalue weighted by atomic mass is 9.71. The Kier molecular flexibility index (Phi) is 3.80. The number of rotatable bonds is 5. The van der Waals surface area contributed by atoms with E-state index in [1.54, 1.807) is 24.4 Å². The van der Waals surface area contributed by atoms with E-state index in [0.29, 0.717) is 23.3 Å². The van der Waals surface area contributed by atoms with Crippen LogP contribution in [-0.4, -0.2) is 21.8 Å². The molecule has 1 aliphatic rings. The van der Waals surface area contributed by atoms with Gasteiger partial charge in [-0.05, 0) is 31.0 Å². The normalized spacial score (nSPS) is 16.4. The highest BCUT2D eigenvalue weighted by molar-refractivity contribution is 9.09. The third-order valence-corrected chi connectivity index (χ3v) is 5.33. The number of alkyl halides is 1. The monoisotopic (exact) mass is 350 g/mol. The van der Waals surface area contributed by atoms with E-state index in [1.807, 2.05) is 0 Å². The molecule has 110 valence electrons. The van der Waals surface area contributed by atoms with Crippen molar-refractivity contribution in [3.63, 3.8) is 0 Å². The topological polar surface area (TPSA) is 65.3 Å². The molecule has 1 aromatic carbocycles. The molecule has 0 radical (unpaired) electrons. The first kappa shape index (κ1) is 14.3. The molecule has 1 aromatic heterocycles. The van der Waals surface area contributed by atoms with Gasteiger partial charge in [0.1, 0.15) is 11.3 Å². The second kappa shape index (κ2) is 5.60. The fraction of sp³-hybridized carbons (Fsp3) is 0.400. The number of benzene rings is 1. The van der Waals surface area contributed by atoms with E-state index in [1.165, 1.54) is 12.5 Å². The third kappa shape index (κ3) is 2.60. The lowest BCUT2D eigenvalue weighted by Gasteiger charge is -2.39. The number of halogens is 1. The zero-order chi connectivity index (χ0) is 14.9. The fourth-order valence-electron chi connectivity index (χ4n) is 2.63. The van der Waals surface area contributed by atoms with Crippen LogP contribution >= 0.6 is 15.9 Å². The molecule has 5 nitrogen and oxygen atoms in total. The summed E-state index contributed by atoms with van der Waals surface area (Å²) >= 11 is 3.55. The average molecular weight is 351 g/mol. The van der Waals surface area contributed by atoms with Crippen molar-refractivity contribution in [2.24, 2.45) is 5.41 Å². The van der Waals surface area contributed by atoms with Gasteiger partial charge in [-0.1, -0.05) is 22.4 Å². The van der Waals surface area contributed by atoms with Gasteiger partial charge in [0.25, 0.3) is 5.69 Å². The molecular formula is C15H15BrN2O3. The molecule has 1 heterocycles. The molecule has 1 aliphatic carbocycles. The maximum absolute atomic E-state index is 11.1. The van der Waals surface area contributed by atoms with Gasteiger partial charge in [0, 0.05) is 23.0 Å². The first-order valence-electron chi connectivity index (χ1n) is 6.86. The van der Waals surface area contributed by atoms with Crippen LogP contribution < -0.4 is 4.74 Å². The van der Waals surface area contributed by atoms with Crippen LogP contribution in [0, 0.1) is 15.5 Å². The Bertz CT molecular complexity index is 680. The van der Waals surface area contributed by atoms with E-state index >= 15 is 0 Å². The maximum Gasteiger partial charge on any atom is 0.279 e. The lowest BCUT2D eigenvalue weighted by Crippen LogP contribution is -2.37. The molecule has 0 atom stereocenters. The Morgan fingerprint density at radius 3 is 2.81 bits per heavy atom. The second-order valence-electron chi connectivity index (χ2n) is 5.52. The van der Waals surface area contributed by atoms with Gasteiger partial charge >= 0.3 is 0 Å². The summed E-state index contributed by atoms with van der Waals surface area (Å²) in [5.41, 5.74) is 0.808. The molecule has 1 saturated carbocycles. The van der Waals surface area contributed by atoms with E-state index in [-0.39, 0.29) is 16.0 Å². The number of pyridine rings is 1. The van der Waals surface area contributed by atoms with Crippen LogP contribution in [0.25, 0.3) is 10.9 Å². The zero-order valence-electron chi connectivity index (χ0n) is 11.4. The standard InChI is InChI=1S/C15H15BrN2O3/c16-9-15(6-2-7-15)10-21-13-5-4-12(18(19)20)11-3-1-8-17-14(11)13/h1,3-5,8H,2,6-7,9-10H2. The summed E-state index contributed by atoms with van der Waals surface area (Å²) in [6.45, 7) is 0.613. The Balaban J connectivity index is 1.93. The Hall–Kier alpha value is -1.69. The molecular weight excluding hydrogens is 336 g/mol. The minimum atomic E-state index is -0.389. The third-order valence-electron chi connectivity index (χ3n) is 4.14. The van der Waals surface area contributed by atoms with Gasteiger partial charge in [-0.3, -0.25) is 15.1 Å². The van der Waals surface area contributed by atoms with Crippen LogP contribution in [0.3, 0.4) is 0 Å². The van der Waals surface area contributed by atoms with Gasteiger partial charge in [0.2, 0.25) is 0 Å². The summed E-state index contributed by atoms with van der Waals surface area (Å²) in [7, 11) is 0. The SMILES string of the molecule is O=[N+]([O-])c1ccc(OCC2(CBr)CCC2)c2ncccc12. The number of hydrogen-bond donors (Lipinski definition) is 0. The van der Waals surface area contributed by atoms with Gasteiger partial charge in [-0.15, -0.1) is 0 Å². The van der Waals surface area contributed by atoms with Crippen molar-refractivity contribution in [3.8, 4) is 5.75 Å². The van der Waals surface area contributed by atoms with E-state index in [0.717, 1.165) is 18.2 Å². The van der Waals surface area contributed by atoms with Gasteiger partial charge in [-0.25, -0.2) is 0 Å². The molecule has 2 aromatic rings. The summed E-state index contributed by atoms with van der Waals surface area (Å²) in [5.74, 6) is 0.614. The number of fused-ring (bicyclic) bond motifs is 1. The smallest absolute Gasteiger partial charge is 0.279 e. The molecule has 6 heteroatoms.